The number of para-hydroxylation sites is 3. The lowest BCUT2D eigenvalue weighted by Gasteiger charge is -2.15. The number of carbonyl (C=O) groups is 1. The molecule has 1 amide bonds. The van der Waals surface area contributed by atoms with Crippen LogP contribution >= 0.6 is 0 Å². The number of amides is 1. The number of aromatic nitrogens is 2. The second kappa shape index (κ2) is 10.1. The Balaban J connectivity index is 1.68. The highest BCUT2D eigenvalue weighted by atomic mass is 16.5. The Morgan fingerprint density at radius 2 is 1.90 bits per heavy atom. The number of ether oxygens (including phenoxy) is 1. The molecule has 0 spiro atoms. The number of carbonyl (C=O) groups excluding carboxylic acids is 1. The SMILES string of the molecule is CCC(=O)NCCCc1nc2ccccc2n1CCOc1ccccc1C(C)C. The van der Waals surface area contributed by atoms with Crippen LogP contribution in [0.4, 0.5) is 0 Å². The number of nitrogens with zero attached hydrogens (tertiary/aromatic N) is 2. The highest BCUT2D eigenvalue weighted by molar-refractivity contribution is 5.76. The van der Waals surface area contributed by atoms with Crippen LogP contribution in [0.15, 0.2) is 48.5 Å². The molecule has 0 saturated heterocycles. The summed E-state index contributed by atoms with van der Waals surface area (Å²) in [7, 11) is 0. The molecular formula is C24H31N3O2. The average Bonchev–Trinajstić information content (AvgIpc) is 3.08. The van der Waals surface area contributed by atoms with E-state index in [4.69, 9.17) is 9.72 Å². The van der Waals surface area contributed by atoms with Crippen molar-refractivity contribution < 1.29 is 9.53 Å². The second-order valence-electron chi connectivity index (χ2n) is 7.52. The van der Waals surface area contributed by atoms with Gasteiger partial charge in [0.2, 0.25) is 5.91 Å². The number of rotatable bonds is 10. The van der Waals surface area contributed by atoms with E-state index in [-0.39, 0.29) is 5.91 Å². The maximum absolute atomic E-state index is 11.4. The van der Waals surface area contributed by atoms with Crippen molar-refractivity contribution in [3.63, 3.8) is 0 Å². The molecule has 1 aromatic heterocycles. The smallest absolute Gasteiger partial charge is 0.219 e. The number of aryl methyl sites for hydroxylation is 1. The highest BCUT2D eigenvalue weighted by Crippen LogP contribution is 2.26. The number of benzene rings is 2. The highest BCUT2D eigenvalue weighted by Gasteiger charge is 2.12. The van der Waals surface area contributed by atoms with Gasteiger partial charge in [0.1, 0.15) is 18.2 Å². The van der Waals surface area contributed by atoms with Gasteiger partial charge >= 0.3 is 0 Å². The molecule has 5 nitrogen and oxygen atoms in total. The van der Waals surface area contributed by atoms with E-state index < -0.39 is 0 Å². The van der Waals surface area contributed by atoms with Gasteiger partial charge < -0.3 is 14.6 Å². The third-order valence-corrected chi connectivity index (χ3v) is 5.07. The minimum Gasteiger partial charge on any atom is -0.491 e. The Bertz CT molecular complexity index is 946. The molecule has 0 fully saturated rings. The Morgan fingerprint density at radius 1 is 1.14 bits per heavy atom. The van der Waals surface area contributed by atoms with Crippen LogP contribution in [0.25, 0.3) is 11.0 Å². The summed E-state index contributed by atoms with van der Waals surface area (Å²) in [5.41, 5.74) is 3.36. The lowest BCUT2D eigenvalue weighted by atomic mass is 10.0. The first kappa shape index (κ1) is 20.9. The summed E-state index contributed by atoms with van der Waals surface area (Å²) in [5, 5.41) is 2.94. The van der Waals surface area contributed by atoms with Gasteiger partial charge in [-0.2, -0.15) is 0 Å². The molecule has 5 heteroatoms. The summed E-state index contributed by atoms with van der Waals surface area (Å²) in [6, 6.07) is 16.4. The molecule has 0 bridgehead atoms. The summed E-state index contributed by atoms with van der Waals surface area (Å²) in [5.74, 6) is 2.51. The first-order valence-electron chi connectivity index (χ1n) is 10.5. The first-order chi connectivity index (χ1) is 14.1. The number of nitrogens with one attached hydrogen (secondary N) is 1. The van der Waals surface area contributed by atoms with Crippen molar-refractivity contribution in [3.8, 4) is 5.75 Å². The fraction of sp³-hybridized carbons (Fsp3) is 0.417. The van der Waals surface area contributed by atoms with E-state index in [1.165, 1.54) is 5.56 Å². The zero-order valence-electron chi connectivity index (χ0n) is 17.6. The molecule has 1 N–H and O–H groups in total. The molecule has 3 rings (SSSR count). The number of imidazole rings is 1. The van der Waals surface area contributed by atoms with Crippen LogP contribution in [0.2, 0.25) is 0 Å². The monoisotopic (exact) mass is 393 g/mol. The van der Waals surface area contributed by atoms with Crippen molar-refractivity contribution in [2.45, 2.75) is 52.5 Å². The quantitative estimate of drug-likeness (QED) is 0.508. The van der Waals surface area contributed by atoms with Crippen molar-refractivity contribution in [1.82, 2.24) is 14.9 Å². The van der Waals surface area contributed by atoms with Crippen LogP contribution in [0.5, 0.6) is 5.75 Å². The summed E-state index contributed by atoms with van der Waals surface area (Å²) < 4.78 is 8.39. The topological polar surface area (TPSA) is 56.2 Å². The molecule has 154 valence electrons. The molecule has 0 saturated carbocycles. The Hall–Kier alpha value is -2.82. The van der Waals surface area contributed by atoms with Gasteiger partial charge in [0, 0.05) is 19.4 Å². The normalized spacial score (nSPS) is 11.2. The maximum atomic E-state index is 11.4. The van der Waals surface area contributed by atoms with Crippen LogP contribution < -0.4 is 10.1 Å². The van der Waals surface area contributed by atoms with Crippen molar-refractivity contribution in [2.75, 3.05) is 13.2 Å². The first-order valence-corrected chi connectivity index (χ1v) is 10.5. The molecule has 1 heterocycles. The lowest BCUT2D eigenvalue weighted by molar-refractivity contribution is -0.120. The van der Waals surface area contributed by atoms with Gasteiger partial charge in [-0.3, -0.25) is 4.79 Å². The molecule has 0 aliphatic carbocycles. The van der Waals surface area contributed by atoms with Gasteiger partial charge in [-0.05, 0) is 36.1 Å². The fourth-order valence-electron chi connectivity index (χ4n) is 3.50. The van der Waals surface area contributed by atoms with E-state index in [0.717, 1.165) is 42.0 Å². The number of fused-ring (bicyclic) bond motifs is 1. The van der Waals surface area contributed by atoms with E-state index in [9.17, 15) is 4.79 Å². The minimum absolute atomic E-state index is 0.0933. The molecule has 0 aliphatic heterocycles. The summed E-state index contributed by atoms with van der Waals surface area (Å²) in [4.78, 5) is 16.2. The lowest BCUT2D eigenvalue weighted by Crippen LogP contribution is -2.24. The van der Waals surface area contributed by atoms with Crippen LogP contribution in [0, 0.1) is 0 Å². The minimum atomic E-state index is 0.0933. The summed E-state index contributed by atoms with van der Waals surface area (Å²) >= 11 is 0. The Labute approximate surface area is 173 Å². The van der Waals surface area contributed by atoms with Gasteiger partial charge in [-0.15, -0.1) is 0 Å². The van der Waals surface area contributed by atoms with E-state index in [0.29, 0.717) is 25.5 Å². The van der Waals surface area contributed by atoms with Gasteiger partial charge in [-0.25, -0.2) is 4.98 Å². The Morgan fingerprint density at radius 3 is 2.69 bits per heavy atom. The third kappa shape index (κ3) is 5.37. The van der Waals surface area contributed by atoms with E-state index in [1.54, 1.807) is 0 Å². The Kier molecular flexibility index (Phi) is 7.28. The van der Waals surface area contributed by atoms with Crippen molar-refractivity contribution >= 4 is 16.9 Å². The van der Waals surface area contributed by atoms with Gasteiger partial charge in [0.05, 0.1) is 17.6 Å². The molecule has 0 aliphatic rings. The molecule has 3 aromatic rings. The van der Waals surface area contributed by atoms with E-state index in [1.807, 2.05) is 37.3 Å². The van der Waals surface area contributed by atoms with Crippen molar-refractivity contribution in [1.29, 1.82) is 0 Å². The van der Waals surface area contributed by atoms with Gasteiger partial charge in [0.25, 0.3) is 0 Å². The number of hydrogen-bond acceptors (Lipinski definition) is 3. The maximum Gasteiger partial charge on any atom is 0.219 e. The number of hydrogen-bond donors (Lipinski definition) is 1. The van der Waals surface area contributed by atoms with Gasteiger partial charge in [-0.1, -0.05) is 51.1 Å². The van der Waals surface area contributed by atoms with E-state index in [2.05, 4.69) is 41.9 Å². The molecule has 0 radical (unpaired) electrons. The second-order valence-corrected chi connectivity index (χ2v) is 7.52. The van der Waals surface area contributed by atoms with E-state index >= 15 is 0 Å². The summed E-state index contributed by atoms with van der Waals surface area (Å²) in [6.45, 7) is 8.23. The van der Waals surface area contributed by atoms with Crippen molar-refractivity contribution in [3.05, 3.63) is 59.9 Å². The predicted molar refractivity (Wildman–Crippen MR) is 117 cm³/mol. The van der Waals surface area contributed by atoms with Crippen LogP contribution in [-0.4, -0.2) is 28.6 Å². The molecule has 0 unspecified atom stereocenters. The largest absolute Gasteiger partial charge is 0.491 e. The van der Waals surface area contributed by atoms with Crippen LogP contribution in [-0.2, 0) is 17.8 Å². The summed E-state index contributed by atoms with van der Waals surface area (Å²) in [6.07, 6.45) is 2.21. The third-order valence-electron chi connectivity index (χ3n) is 5.07. The molecule has 29 heavy (non-hydrogen) atoms. The molecule has 2 aromatic carbocycles. The zero-order chi connectivity index (χ0) is 20.6. The standard InChI is InChI=1S/C24H31N3O2/c1-4-24(28)25-15-9-14-23-26-20-11-6-7-12-21(20)27(23)16-17-29-22-13-8-5-10-19(22)18(2)3/h5-8,10-13,18H,4,9,14-17H2,1-3H3,(H,25,28). The van der Waals surface area contributed by atoms with Crippen molar-refractivity contribution in [2.24, 2.45) is 0 Å². The molecule has 0 atom stereocenters. The zero-order valence-corrected chi connectivity index (χ0v) is 17.6. The average molecular weight is 394 g/mol. The van der Waals surface area contributed by atoms with Gasteiger partial charge in [0.15, 0.2) is 0 Å². The fourth-order valence-corrected chi connectivity index (χ4v) is 3.50. The van der Waals surface area contributed by atoms with Crippen LogP contribution in [0.3, 0.4) is 0 Å². The van der Waals surface area contributed by atoms with Crippen LogP contribution in [0.1, 0.15) is 50.9 Å². The predicted octanol–water partition coefficient (Wildman–Crippen LogP) is 4.70. The molecular weight excluding hydrogens is 362 g/mol.